The summed E-state index contributed by atoms with van der Waals surface area (Å²) in [6.45, 7) is -0.0440. The third-order valence-electron chi connectivity index (χ3n) is 5.22. The van der Waals surface area contributed by atoms with Gasteiger partial charge in [0.15, 0.2) is 11.5 Å². The molecule has 1 fully saturated rings. The van der Waals surface area contributed by atoms with Crippen LogP contribution in [0.15, 0.2) is 34.6 Å². The van der Waals surface area contributed by atoms with E-state index in [4.69, 9.17) is 14.3 Å². The first-order valence-corrected chi connectivity index (χ1v) is 12.1. The van der Waals surface area contributed by atoms with Crippen LogP contribution in [0.5, 0.6) is 11.5 Å². The molecule has 13 heteroatoms. The van der Waals surface area contributed by atoms with Gasteiger partial charge in [0.05, 0.1) is 23.6 Å². The number of alkyl halides is 3. The molecule has 4 rings (SSSR count). The van der Waals surface area contributed by atoms with Gasteiger partial charge in [-0.1, -0.05) is 11.6 Å². The SMILES string of the molecule is O=C(CCS(=O)(=O)c1nc(-c2ccc3c(c2)OCO3)cc(C(F)(F)F)n1)ON=C1CCCCC1. The molecule has 0 saturated heterocycles. The van der Waals surface area contributed by atoms with Gasteiger partial charge < -0.3 is 14.3 Å². The molecular formula is C21H20F3N3O6S. The number of ether oxygens (including phenoxy) is 2. The number of nitrogens with zero attached hydrogens (tertiary/aromatic N) is 3. The molecule has 182 valence electrons. The number of hydrogen-bond acceptors (Lipinski definition) is 9. The summed E-state index contributed by atoms with van der Waals surface area (Å²) in [5, 5.41) is 2.72. The minimum atomic E-state index is -4.92. The molecule has 0 bridgehead atoms. The number of halogens is 3. The van der Waals surface area contributed by atoms with Gasteiger partial charge in [0.25, 0.3) is 0 Å². The molecular weight excluding hydrogens is 479 g/mol. The summed E-state index contributed by atoms with van der Waals surface area (Å²) in [6.07, 6.45) is -1.20. The van der Waals surface area contributed by atoms with E-state index in [1.807, 2.05) is 0 Å². The van der Waals surface area contributed by atoms with E-state index in [2.05, 4.69) is 15.1 Å². The van der Waals surface area contributed by atoms with Gasteiger partial charge in [-0.05, 0) is 49.9 Å². The highest BCUT2D eigenvalue weighted by molar-refractivity contribution is 7.91. The van der Waals surface area contributed by atoms with Crippen molar-refractivity contribution >= 4 is 21.5 Å². The largest absolute Gasteiger partial charge is 0.454 e. The lowest BCUT2D eigenvalue weighted by Crippen LogP contribution is -2.18. The first-order chi connectivity index (χ1) is 16.1. The third kappa shape index (κ3) is 5.64. The first kappa shape index (κ1) is 23.9. The molecule has 0 unspecified atom stereocenters. The summed E-state index contributed by atoms with van der Waals surface area (Å²) in [5.41, 5.74) is -0.807. The van der Waals surface area contributed by atoms with Crippen LogP contribution < -0.4 is 9.47 Å². The van der Waals surface area contributed by atoms with Gasteiger partial charge in [0.1, 0.15) is 5.69 Å². The molecule has 1 aliphatic carbocycles. The summed E-state index contributed by atoms with van der Waals surface area (Å²) in [7, 11) is -4.45. The lowest BCUT2D eigenvalue weighted by Gasteiger charge is -2.12. The lowest BCUT2D eigenvalue weighted by atomic mass is 9.99. The Morgan fingerprint density at radius 1 is 1.06 bits per heavy atom. The number of rotatable bonds is 6. The highest BCUT2D eigenvalue weighted by atomic mass is 32.2. The standard InChI is InChI=1S/C21H20F3N3O6S/c22-21(23,24)18-11-15(13-6-7-16-17(10-13)32-12-31-16)25-20(26-18)34(29,30)9-8-19(28)33-27-14-4-2-1-3-5-14/h6-7,10-11H,1-5,8-9,12H2. The molecule has 0 amide bonds. The number of aromatic nitrogens is 2. The van der Waals surface area contributed by atoms with E-state index in [1.165, 1.54) is 18.2 Å². The van der Waals surface area contributed by atoms with Gasteiger partial charge in [0.2, 0.25) is 21.8 Å². The van der Waals surface area contributed by atoms with Crippen molar-refractivity contribution in [3.05, 3.63) is 30.0 Å². The predicted octanol–water partition coefficient (Wildman–Crippen LogP) is 3.92. The molecule has 1 aromatic heterocycles. The van der Waals surface area contributed by atoms with Gasteiger partial charge in [-0.2, -0.15) is 13.2 Å². The number of carbonyl (C=O) groups excluding carboxylic acids is 1. The third-order valence-corrected chi connectivity index (χ3v) is 6.71. The van der Waals surface area contributed by atoms with Crippen LogP contribution in [0, 0.1) is 0 Å². The molecule has 0 radical (unpaired) electrons. The lowest BCUT2D eigenvalue weighted by molar-refractivity contribution is -0.143. The number of fused-ring (bicyclic) bond motifs is 1. The van der Waals surface area contributed by atoms with E-state index < -0.39 is 45.0 Å². The number of benzene rings is 1. The Morgan fingerprint density at radius 3 is 2.53 bits per heavy atom. The van der Waals surface area contributed by atoms with Crippen LogP contribution in [0.1, 0.15) is 44.2 Å². The molecule has 34 heavy (non-hydrogen) atoms. The minimum Gasteiger partial charge on any atom is -0.454 e. The first-order valence-electron chi connectivity index (χ1n) is 10.5. The molecule has 1 aliphatic heterocycles. The van der Waals surface area contributed by atoms with E-state index >= 15 is 0 Å². The van der Waals surface area contributed by atoms with Crippen LogP contribution in [0.25, 0.3) is 11.3 Å². The Kier molecular flexibility index (Phi) is 6.73. The topological polar surface area (TPSA) is 117 Å². The monoisotopic (exact) mass is 499 g/mol. The van der Waals surface area contributed by atoms with Gasteiger partial charge in [-0.3, -0.25) is 0 Å². The number of hydrogen-bond donors (Lipinski definition) is 0. The van der Waals surface area contributed by atoms with Crippen molar-refractivity contribution in [2.75, 3.05) is 12.5 Å². The fourth-order valence-corrected chi connectivity index (χ4v) is 4.53. The second kappa shape index (κ2) is 9.57. The second-order valence-corrected chi connectivity index (χ2v) is 9.74. The maximum absolute atomic E-state index is 13.4. The zero-order valence-corrected chi connectivity index (χ0v) is 18.6. The van der Waals surface area contributed by atoms with E-state index in [1.54, 1.807) is 0 Å². The zero-order chi connectivity index (χ0) is 24.3. The Morgan fingerprint density at radius 2 is 1.79 bits per heavy atom. The molecule has 0 atom stereocenters. The van der Waals surface area contributed by atoms with Crippen LogP contribution >= 0.6 is 0 Å². The van der Waals surface area contributed by atoms with Crippen molar-refractivity contribution in [3.8, 4) is 22.8 Å². The van der Waals surface area contributed by atoms with Crippen LogP contribution in [0.2, 0.25) is 0 Å². The highest BCUT2D eigenvalue weighted by Crippen LogP contribution is 2.37. The fourth-order valence-electron chi connectivity index (χ4n) is 3.43. The smallest absolute Gasteiger partial charge is 0.433 e. The van der Waals surface area contributed by atoms with Gasteiger partial charge in [-0.25, -0.2) is 23.2 Å². The maximum Gasteiger partial charge on any atom is 0.433 e. The van der Waals surface area contributed by atoms with Gasteiger partial charge in [0, 0.05) is 5.56 Å². The normalized spacial score (nSPS) is 15.8. The van der Waals surface area contributed by atoms with Crippen LogP contribution in [-0.4, -0.2) is 42.6 Å². The van der Waals surface area contributed by atoms with Crippen molar-refractivity contribution < 1.29 is 40.7 Å². The molecule has 1 aromatic carbocycles. The highest BCUT2D eigenvalue weighted by Gasteiger charge is 2.35. The number of sulfone groups is 1. The molecule has 2 heterocycles. The van der Waals surface area contributed by atoms with Gasteiger partial charge in [-0.15, -0.1) is 0 Å². The summed E-state index contributed by atoms with van der Waals surface area (Å²) in [5.74, 6) is -1.06. The average molecular weight is 499 g/mol. The summed E-state index contributed by atoms with van der Waals surface area (Å²) >= 11 is 0. The van der Waals surface area contributed by atoms with E-state index in [9.17, 15) is 26.4 Å². The summed E-state index contributed by atoms with van der Waals surface area (Å²) in [6, 6.07) is 4.94. The molecule has 2 aliphatic rings. The van der Waals surface area contributed by atoms with Crippen molar-refractivity contribution in [2.24, 2.45) is 5.16 Å². The average Bonchev–Trinajstić information content (AvgIpc) is 3.29. The Hall–Kier alpha value is -3.22. The van der Waals surface area contributed by atoms with Crippen LogP contribution in [0.4, 0.5) is 13.2 Å². The fraction of sp³-hybridized carbons (Fsp3) is 0.429. The van der Waals surface area contributed by atoms with Crippen molar-refractivity contribution in [1.29, 1.82) is 0 Å². The Labute approximate surface area is 192 Å². The molecule has 0 spiro atoms. The van der Waals surface area contributed by atoms with Gasteiger partial charge >= 0.3 is 12.1 Å². The van der Waals surface area contributed by atoms with E-state index in [0.29, 0.717) is 24.7 Å². The zero-order valence-electron chi connectivity index (χ0n) is 17.8. The van der Waals surface area contributed by atoms with Crippen molar-refractivity contribution in [3.63, 3.8) is 0 Å². The number of oxime groups is 1. The minimum absolute atomic E-state index is 0.0440. The summed E-state index contributed by atoms with van der Waals surface area (Å²) < 4.78 is 76.1. The Bertz CT molecular complexity index is 1220. The number of carbonyl (C=O) groups is 1. The molecule has 2 aromatic rings. The molecule has 1 saturated carbocycles. The van der Waals surface area contributed by atoms with Crippen LogP contribution in [0.3, 0.4) is 0 Å². The van der Waals surface area contributed by atoms with Crippen molar-refractivity contribution in [1.82, 2.24) is 9.97 Å². The Balaban J connectivity index is 1.55. The molecule has 9 nitrogen and oxygen atoms in total. The maximum atomic E-state index is 13.4. The van der Waals surface area contributed by atoms with E-state index in [0.717, 1.165) is 25.0 Å². The molecule has 0 N–H and O–H groups in total. The second-order valence-electron chi connectivity index (χ2n) is 7.74. The predicted molar refractivity (Wildman–Crippen MR) is 112 cm³/mol. The quantitative estimate of drug-likeness (QED) is 0.334. The van der Waals surface area contributed by atoms with Crippen LogP contribution in [-0.2, 0) is 25.6 Å². The van der Waals surface area contributed by atoms with Crippen molar-refractivity contribution in [2.45, 2.75) is 49.9 Å². The van der Waals surface area contributed by atoms with E-state index in [-0.39, 0.29) is 23.8 Å². The summed E-state index contributed by atoms with van der Waals surface area (Å²) in [4.78, 5) is 23.8.